The first-order valence-corrected chi connectivity index (χ1v) is 18.6. The lowest BCUT2D eigenvalue weighted by Crippen LogP contribution is -1.84. The standard InChI is InChI=1S/2C14H30S.H3O4P/c2*1-3-5-6-7-8-9-10-11-12-13-14-15-4-2;1-5(2,3)4/h2*3-14H2,1-2H3;(H3,1,2,3,4). The van der Waals surface area contributed by atoms with Gasteiger partial charge in [0.1, 0.15) is 0 Å². The van der Waals surface area contributed by atoms with E-state index in [0.717, 1.165) is 0 Å². The summed E-state index contributed by atoms with van der Waals surface area (Å²) in [6, 6.07) is 0. The van der Waals surface area contributed by atoms with Crippen LogP contribution in [0.15, 0.2) is 0 Å². The molecule has 4 nitrogen and oxygen atoms in total. The Morgan fingerprint density at radius 3 is 0.829 bits per heavy atom. The SMILES string of the molecule is CCCCCCCCCCCCSCC.CCCCCCCCCCCCSCC.O=P(O)(O)O. The number of thioether (sulfide) groups is 2. The average Bonchev–Trinajstić information content (AvgIpc) is 2.80. The summed E-state index contributed by atoms with van der Waals surface area (Å²) in [6.45, 7) is 9.07. The highest BCUT2D eigenvalue weighted by Gasteiger charge is 2.00. The first-order chi connectivity index (χ1) is 16.8. The van der Waals surface area contributed by atoms with Gasteiger partial charge in [-0.15, -0.1) is 0 Å². The minimum Gasteiger partial charge on any atom is -0.303 e. The molecular formula is C28H63O4PS2. The molecule has 0 aromatic heterocycles. The second kappa shape index (κ2) is 37.0. The van der Waals surface area contributed by atoms with Crippen LogP contribution in [0.1, 0.15) is 156 Å². The number of phosphoric acid groups is 1. The van der Waals surface area contributed by atoms with Gasteiger partial charge in [-0.2, -0.15) is 23.5 Å². The van der Waals surface area contributed by atoms with Crippen LogP contribution in [0.25, 0.3) is 0 Å². The van der Waals surface area contributed by atoms with Crippen LogP contribution in [0, 0.1) is 0 Å². The Balaban J connectivity index is -0.000000491. The second-order valence-electron chi connectivity index (χ2n) is 9.27. The van der Waals surface area contributed by atoms with E-state index in [2.05, 4.69) is 51.2 Å². The molecule has 0 fully saturated rings. The summed E-state index contributed by atoms with van der Waals surface area (Å²) in [6.07, 6.45) is 29.1. The summed E-state index contributed by atoms with van der Waals surface area (Å²) in [5, 5.41) is 0. The van der Waals surface area contributed by atoms with Gasteiger partial charge in [0.05, 0.1) is 0 Å². The molecule has 0 aliphatic rings. The van der Waals surface area contributed by atoms with Gasteiger partial charge in [-0.1, -0.05) is 143 Å². The maximum atomic E-state index is 8.88. The van der Waals surface area contributed by atoms with Gasteiger partial charge in [-0.3, -0.25) is 0 Å². The van der Waals surface area contributed by atoms with Crippen molar-refractivity contribution in [3.63, 3.8) is 0 Å². The van der Waals surface area contributed by atoms with Gasteiger partial charge >= 0.3 is 7.82 Å². The molecule has 0 atom stereocenters. The van der Waals surface area contributed by atoms with Gasteiger partial charge in [0.25, 0.3) is 0 Å². The Kier molecular flexibility index (Phi) is 42.6. The third-order valence-corrected chi connectivity index (χ3v) is 7.66. The lowest BCUT2D eigenvalue weighted by molar-refractivity contribution is 0.275. The molecule has 0 saturated carbocycles. The van der Waals surface area contributed by atoms with Crippen molar-refractivity contribution in [3.8, 4) is 0 Å². The quantitative estimate of drug-likeness (QED) is 0.0808. The maximum absolute atomic E-state index is 8.88. The third kappa shape index (κ3) is 60.9. The zero-order chi connectivity index (χ0) is 26.9. The van der Waals surface area contributed by atoms with Crippen molar-refractivity contribution in [1.82, 2.24) is 0 Å². The molecule has 0 bridgehead atoms. The molecule has 0 aromatic carbocycles. The van der Waals surface area contributed by atoms with Crippen molar-refractivity contribution in [2.24, 2.45) is 0 Å². The Labute approximate surface area is 229 Å². The van der Waals surface area contributed by atoms with Gasteiger partial charge < -0.3 is 14.7 Å². The fraction of sp³-hybridized carbons (Fsp3) is 1.00. The zero-order valence-electron chi connectivity index (χ0n) is 24.0. The van der Waals surface area contributed by atoms with Crippen LogP contribution < -0.4 is 0 Å². The molecular weight excluding hydrogens is 495 g/mol. The highest BCUT2D eigenvalue weighted by molar-refractivity contribution is 7.99. The average molecular weight is 559 g/mol. The molecule has 7 heteroatoms. The number of hydrogen-bond donors (Lipinski definition) is 3. The molecule has 0 unspecified atom stereocenters. The van der Waals surface area contributed by atoms with Crippen molar-refractivity contribution in [1.29, 1.82) is 0 Å². The first kappa shape index (κ1) is 40.3. The zero-order valence-corrected chi connectivity index (χ0v) is 26.5. The lowest BCUT2D eigenvalue weighted by Gasteiger charge is -2.01. The first-order valence-electron chi connectivity index (χ1n) is 14.8. The molecule has 216 valence electrons. The van der Waals surface area contributed by atoms with E-state index in [1.54, 1.807) is 0 Å². The van der Waals surface area contributed by atoms with E-state index in [0.29, 0.717) is 0 Å². The minimum absolute atomic E-state index is 1.29. The molecule has 0 amide bonds. The summed E-state index contributed by atoms with van der Waals surface area (Å²) in [7, 11) is -4.64. The van der Waals surface area contributed by atoms with Gasteiger partial charge in [-0.25, -0.2) is 4.57 Å². The molecule has 0 radical (unpaired) electrons. The lowest BCUT2D eigenvalue weighted by atomic mass is 10.1. The van der Waals surface area contributed by atoms with Gasteiger partial charge in [-0.05, 0) is 35.9 Å². The van der Waals surface area contributed by atoms with Crippen molar-refractivity contribution in [3.05, 3.63) is 0 Å². The summed E-state index contributed by atoms with van der Waals surface area (Å²) in [5.74, 6) is 5.34. The summed E-state index contributed by atoms with van der Waals surface area (Å²) >= 11 is 4.17. The molecule has 0 heterocycles. The molecule has 35 heavy (non-hydrogen) atoms. The summed E-state index contributed by atoms with van der Waals surface area (Å²) in [4.78, 5) is 21.6. The Morgan fingerprint density at radius 2 is 0.629 bits per heavy atom. The number of hydrogen-bond acceptors (Lipinski definition) is 3. The topological polar surface area (TPSA) is 77.8 Å². The molecule has 0 rings (SSSR count). The third-order valence-electron chi connectivity index (χ3n) is 5.69. The van der Waals surface area contributed by atoms with E-state index >= 15 is 0 Å². The molecule has 0 aliphatic carbocycles. The van der Waals surface area contributed by atoms with E-state index in [-0.39, 0.29) is 0 Å². The van der Waals surface area contributed by atoms with Crippen LogP contribution in [0.4, 0.5) is 0 Å². The Morgan fingerprint density at radius 1 is 0.429 bits per heavy atom. The van der Waals surface area contributed by atoms with Crippen molar-refractivity contribution in [2.75, 3.05) is 23.0 Å². The predicted octanol–water partition coefficient (Wildman–Crippen LogP) is 10.4. The van der Waals surface area contributed by atoms with E-state index < -0.39 is 7.82 Å². The monoisotopic (exact) mass is 558 g/mol. The second-order valence-corrected chi connectivity index (χ2v) is 13.1. The highest BCUT2D eigenvalue weighted by Crippen LogP contribution is 2.25. The molecule has 3 N–H and O–H groups in total. The molecule has 0 saturated heterocycles. The minimum atomic E-state index is -4.64. The fourth-order valence-corrected chi connectivity index (χ4v) is 5.07. The fourth-order valence-electron chi connectivity index (χ4n) is 3.67. The smallest absolute Gasteiger partial charge is 0.303 e. The summed E-state index contributed by atoms with van der Waals surface area (Å²) < 4.78 is 8.88. The van der Waals surface area contributed by atoms with Crippen LogP contribution in [-0.4, -0.2) is 37.7 Å². The van der Waals surface area contributed by atoms with Gasteiger partial charge in [0.15, 0.2) is 0 Å². The Bertz CT molecular complexity index is 337. The van der Waals surface area contributed by atoms with Crippen LogP contribution in [-0.2, 0) is 4.57 Å². The predicted molar refractivity (Wildman–Crippen MR) is 164 cm³/mol. The van der Waals surface area contributed by atoms with Crippen LogP contribution >= 0.6 is 31.3 Å². The van der Waals surface area contributed by atoms with Crippen LogP contribution in [0.2, 0.25) is 0 Å². The Hall–Kier alpha value is 0.810. The molecule has 0 spiro atoms. The van der Waals surface area contributed by atoms with Crippen LogP contribution in [0.5, 0.6) is 0 Å². The van der Waals surface area contributed by atoms with Crippen LogP contribution in [0.3, 0.4) is 0 Å². The number of rotatable bonds is 24. The van der Waals surface area contributed by atoms with E-state index in [4.69, 9.17) is 19.2 Å². The molecule has 0 aliphatic heterocycles. The van der Waals surface area contributed by atoms with Gasteiger partial charge in [0.2, 0.25) is 0 Å². The van der Waals surface area contributed by atoms with Gasteiger partial charge in [0, 0.05) is 0 Å². The van der Waals surface area contributed by atoms with Crippen molar-refractivity contribution in [2.45, 2.75) is 156 Å². The van der Waals surface area contributed by atoms with Crippen molar-refractivity contribution < 1.29 is 19.2 Å². The maximum Gasteiger partial charge on any atom is 0.466 e. The molecule has 0 aromatic rings. The van der Waals surface area contributed by atoms with E-state index in [9.17, 15) is 0 Å². The number of unbranched alkanes of at least 4 members (excludes halogenated alkanes) is 18. The normalized spacial score (nSPS) is 10.9. The van der Waals surface area contributed by atoms with Crippen molar-refractivity contribution >= 4 is 31.3 Å². The highest BCUT2D eigenvalue weighted by atomic mass is 32.2. The van der Waals surface area contributed by atoms with E-state index in [1.165, 1.54) is 151 Å². The largest absolute Gasteiger partial charge is 0.466 e. The van der Waals surface area contributed by atoms with E-state index in [1.807, 2.05) is 0 Å². The summed E-state index contributed by atoms with van der Waals surface area (Å²) in [5.41, 5.74) is 0.